The van der Waals surface area contributed by atoms with Crippen LogP contribution in [0.3, 0.4) is 0 Å². The van der Waals surface area contributed by atoms with Crippen LogP contribution in [0.4, 0.5) is 5.13 Å². The van der Waals surface area contributed by atoms with Crippen molar-refractivity contribution < 1.29 is 4.74 Å². The molecule has 1 N–H and O–H groups in total. The number of hydrogen-bond acceptors (Lipinski definition) is 6. The molecular weight excluding hydrogens is 272 g/mol. The summed E-state index contributed by atoms with van der Waals surface area (Å²) < 4.78 is 9.58. The van der Waals surface area contributed by atoms with E-state index in [1.807, 2.05) is 0 Å². The highest BCUT2D eigenvalue weighted by atomic mass is 32.1. The van der Waals surface area contributed by atoms with Gasteiger partial charge in [0.1, 0.15) is 5.82 Å². The summed E-state index contributed by atoms with van der Waals surface area (Å²) >= 11 is 1.58. The minimum atomic E-state index is 0.663. The Kier molecular flexibility index (Phi) is 4.86. The molecule has 0 aromatic carbocycles. The highest BCUT2D eigenvalue weighted by molar-refractivity contribution is 7.09. The van der Waals surface area contributed by atoms with E-state index >= 15 is 0 Å². The molecule has 1 atom stereocenters. The lowest BCUT2D eigenvalue weighted by Crippen LogP contribution is -2.40. The van der Waals surface area contributed by atoms with Crippen molar-refractivity contribution in [1.82, 2.24) is 14.7 Å². The number of rotatable bonds is 7. The smallest absolute Gasteiger partial charge is 0.205 e. The van der Waals surface area contributed by atoms with Crippen molar-refractivity contribution in [1.29, 1.82) is 0 Å². The van der Waals surface area contributed by atoms with E-state index in [9.17, 15) is 0 Å². The average Bonchev–Trinajstić information content (AvgIpc) is 3.21. The number of nitrogens with one attached hydrogen (secondary N) is 1. The van der Waals surface area contributed by atoms with E-state index in [1.54, 1.807) is 18.6 Å². The molecule has 0 amide bonds. The van der Waals surface area contributed by atoms with Crippen molar-refractivity contribution in [3.8, 4) is 0 Å². The van der Waals surface area contributed by atoms with Crippen molar-refractivity contribution in [3.63, 3.8) is 0 Å². The number of anilines is 1. The summed E-state index contributed by atoms with van der Waals surface area (Å²) in [6, 6.07) is 0. The third-order valence-electron chi connectivity index (χ3n) is 4.08. The molecule has 3 rings (SSSR count). The second-order valence-corrected chi connectivity index (χ2v) is 6.59. The van der Waals surface area contributed by atoms with Crippen LogP contribution in [-0.2, 0) is 4.74 Å². The van der Waals surface area contributed by atoms with E-state index in [0.29, 0.717) is 11.8 Å². The van der Waals surface area contributed by atoms with Gasteiger partial charge in [-0.25, -0.2) is 4.98 Å². The summed E-state index contributed by atoms with van der Waals surface area (Å²) in [7, 11) is 1.75. The van der Waals surface area contributed by atoms with Crippen LogP contribution in [0, 0.1) is 5.92 Å². The van der Waals surface area contributed by atoms with E-state index in [1.165, 1.54) is 25.7 Å². The number of hydrogen-bond donors (Lipinski definition) is 1. The molecule has 20 heavy (non-hydrogen) atoms. The quantitative estimate of drug-likeness (QED) is 0.779. The molecule has 1 aliphatic carbocycles. The minimum absolute atomic E-state index is 0.663. The third-order valence-corrected chi connectivity index (χ3v) is 4.87. The zero-order valence-electron chi connectivity index (χ0n) is 12.2. The van der Waals surface area contributed by atoms with Gasteiger partial charge >= 0.3 is 0 Å². The predicted molar refractivity (Wildman–Crippen MR) is 81.6 cm³/mol. The maximum absolute atomic E-state index is 5.06. The summed E-state index contributed by atoms with van der Waals surface area (Å²) in [5.41, 5.74) is 0. The number of aromatic nitrogens is 2. The van der Waals surface area contributed by atoms with Crippen molar-refractivity contribution >= 4 is 16.7 Å². The van der Waals surface area contributed by atoms with E-state index in [0.717, 1.165) is 43.7 Å². The van der Waals surface area contributed by atoms with Crippen LogP contribution in [0.2, 0.25) is 0 Å². The van der Waals surface area contributed by atoms with Gasteiger partial charge < -0.3 is 15.0 Å². The van der Waals surface area contributed by atoms with Crippen LogP contribution in [0.1, 0.15) is 37.4 Å². The number of piperidine rings is 1. The van der Waals surface area contributed by atoms with Gasteiger partial charge in [-0.2, -0.15) is 4.37 Å². The van der Waals surface area contributed by atoms with Crippen LogP contribution in [0.25, 0.3) is 0 Å². The van der Waals surface area contributed by atoms with Crippen molar-refractivity contribution in [2.45, 2.75) is 31.6 Å². The SMILES string of the molecule is COCCNCC1CCCN(c2nc(C3CC3)ns2)C1. The maximum atomic E-state index is 5.06. The first kappa shape index (κ1) is 14.2. The molecule has 1 saturated carbocycles. The largest absolute Gasteiger partial charge is 0.383 e. The molecule has 1 unspecified atom stereocenters. The Bertz CT molecular complexity index is 421. The Morgan fingerprint density at radius 3 is 3.10 bits per heavy atom. The van der Waals surface area contributed by atoms with Gasteiger partial charge in [0.15, 0.2) is 0 Å². The standard InChI is InChI=1S/C14H24N4OS/c1-19-8-6-15-9-11-3-2-7-18(10-11)14-16-13(17-20-14)12-4-5-12/h11-12,15H,2-10H2,1H3. The monoisotopic (exact) mass is 296 g/mol. The Morgan fingerprint density at radius 1 is 1.40 bits per heavy atom. The second kappa shape index (κ2) is 6.83. The highest BCUT2D eigenvalue weighted by Crippen LogP contribution is 2.40. The van der Waals surface area contributed by atoms with Crippen molar-refractivity contribution in [3.05, 3.63) is 5.82 Å². The van der Waals surface area contributed by atoms with Gasteiger partial charge in [0.25, 0.3) is 0 Å². The summed E-state index contributed by atoms with van der Waals surface area (Å²) in [4.78, 5) is 7.16. The lowest BCUT2D eigenvalue weighted by molar-refractivity contribution is 0.197. The van der Waals surface area contributed by atoms with Gasteiger partial charge in [0.05, 0.1) is 6.61 Å². The lowest BCUT2D eigenvalue weighted by atomic mass is 9.98. The Morgan fingerprint density at radius 2 is 2.30 bits per heavy atom. The molecule has 0 spiro atoms. The highest BCUT2D eigenvalue weighted by Gasteiger charge is 2.29. The van der Waals surface area contributed by atoms with Crippen LogP contribution < -0.4 is 10.2 Å². The molecule has 2 fully saturated rings. The van der Waals surface area contributed by atoms with Gasteiger partial charge in [0.2, 0.25) is 5.13 Å². The summed E-state index contributed by atoms with van der Waals surface area (Å²) in [5, 5.41) is 4.61. The summed E-state index contributed by atoms with van der Waals surface area (Å²) in [6.45, 7) is 5.05. The molecular formula is C14H24N4OS. The van der Waals surface area contributed by atoms with E-state index in [-0.39, 0.29) is 0 Å². The fourth-order valence-corrected chi connectivity index (χ4v) is 3.53. The zero-order chi connectivity index (χ0) is 13.8. The zero-order valence-corrected chi connectivity index (χ0v) is 13.0. The molecule has 1 aromatic rings. The summed E-state index contributed by atoms with van der Waals surface area (Å²) in [5.74, 6) is 2.47. The third kappa shape index (κ3) is 3.68. The van der Waals surface area contributed by atoms with E-state index in [2.05, 4.69) is 14.6 Å². The Labute approximate surface area is 124 Å². The second-order valence-electron chi connectivity index (χ2n) is 5.86. The van der Waals surface area contributed by atoms with Gasteiger partial charge in [-0.1, -0.05) is 0 Å². The Hall–Kier alpha value is -0.720. The first-order valence-electron chi connectivity index (χ1n) is 7.65. The minimum Gasteiger partial charge on any atom is -0.383 e. The molecule has 112 valence electrons. The molecule has 1 aromatic heterocycles. The van der Waals surface area contributed by atoms with E-state index < -0.39 is 0 Å². The molecule has 2 heterocycles. The van der Waals surface area contributed by atoms with Gasteiger partial charge in [-0.15, -0.1) is 0 Å². The van der Waals surface area contributed by atoms with Crippen LogP contribution in [0.5, 0.6) is 0 Å². The van der Waals surface area contributed by atoms with Crippen molar-refractivity contribution in [2.75, 3.05) is 44.8 Å². The lowest BCUT2D eigenvalue weighted by Gasteiger charge is -2.32. The van der Waals surface area contributed by atoms with Crippen LogP contribution >= 0.6 is 11.5 Å². The molecule has 5 nitrogen and oxygen atoms in total. The van der Waals surface area contributed by atoms with Crippen molar-refractivity contribution in [2.24, 2.45) is 5.92 Å². The fourth-order valence-electron chi connectivity index (χ4n) is 2.75. The first-order valence-corrected chi connectivity index (χ1v) is 8.42. The van der Waals surface area contributed by atoms with Gasteiger partial charge in [0, 0.05) is 44.2 Å². The summed E-state index contributed by atoms with van der Waals surface area (Å²) in [6.07, 6.45) is 5.13. The number of methoxy groups -OCH3 is 1. The first-order chi connectivity index (χ1) is 9.86. The van der Waals surface area contributed by atoms with Crippen LogP contribution in [0.15, 0.2) is 0 Å². The predicted octanol–water partition coefficient (Wildman–Crippen LogP) is 1.87. The van der Waals surface area contributed by atoms with E-state index in [4.69, 9.17) is 9.72 Å². The molecule has 1 saturated heterocycles. The van der Waals surface area contributed by atoms with Gasteiger partial charge in [-0.05, 0) is 38.1 Å². The maximum Gasteiger partial charge on any atom is 0.205 e. The fraction of sp³-hybridized carbons (Fsp3) is 0.857. The van der Waals surface area contributed by atoms with Crippen LogP contribution in [-0.4, -0.2) is 49.3 Å². The number of nitrogens with zero attached hydrogens (tertiary/aromatic N) is 3. The topological polar surface area (TPSA) is 50.3 Å². The number of ether oxygens (including phenoxy) is 1. The van der Waals surface area contributed by atoms with Gasteiger partial charge in [-0.3, -0.25) is 0 Å². The molecule has 1 aliphatic heterocycles. The molecule has 0 radical (unpaired) electrons. The molecule has 2 aliphatic rings. The normalized spacial score (nSPS) is 23.2. The average molecular weight is 296 g/mol. The molecule has 0 bridgehead atoms. The Balaban J connectivity index is 1.48. The molecule has 6 heteroatoms.